The first-order chi connectivity index (χ1) is 8.29. The van der Waals surface area contributed by atoms with Gasteiger partial charge < -0.3 is 5.32 Å². The van der Waals surface area contributed by atoms with E-state index in [2.05, 4.69) is 10.3 Å². The second kappa shape index (κ2) is 5.23. The predicted octanol–water partition coefficient (Wildman–Crippen LogP) is 1.94. The highest BCUT2D eigenvalue weighted by atomic mass is 32.1. The van der Waals surface area contributed by atoms with Gasteiger partial charge in [0.25, 0.3) is 5.91 Å². The highest BCUT2D eigenvalue weighted by Gasteiger charge is 2.06. The van der Waals surface area contributed by atoms with Crippen LogP contribution in [0, 0.1) is 11.3 Å². The molecule has 0 unspecified atom stereocenters. The van der Waals surface area contributed by atoms with Crippen LogP contribution in [0.25, 0.3) is 0 Å². The first-order valence-corrected chi connectivity index (χ1v) is 5.89. The van der Waals surface area contributed by atoms with Crippen molar-refractivity contribution in [2.45, 2.75) is 6.54 Å². The molecule has 0 saturated heterocycles. The largest absolute Gasteiger partial charge is 0.347 e. The van der Waals surface area contributed by atoms with Gasteiger partial charge >= 0.3 is 0 Å². The molecular formula is C12H9N3OS. The molecule has 0 aliphatic heterocycles. The quantitative estimate of drug-likeness (QED) is 0.896. The molecule has 1 N–H and O–H groups in total. The van der Waals surface area contributed by atoms with Crippen molar-refractivity contribution in [3.05, 3.63) is 52.0 Å². The van der Waals surface area contributed by atoms with Gasteiger partial charge in [0.2, 0.25) is 0 Å². The number of amides is 1. The number of hydrogen-bond acceptors (Lipinski definition) is 4. The van der Waals surface area contributed by atoms with Gasteiger partial charge in [0, 0.05) is 11.9 Å². The van der Waals surface area contributed by atoms with Gasteiger partial charge in [-0.1, -0.05) is 12.1 Å². The van der Waals surface area contributed by atoms with Crippen LogP contribution >= 0.6 is 11.3 Å². The number of aromatic nitrogens is 1. The van der Waals surface area contributed by atoms with Gasteiger partial charge in [-0.3, -0.25) is 4.79 Å². The Morgan fingerprint density at radius 1 is 1.41 bits per heavy atom. The maximum absolute atomic E-state index is 11.6. The molecule has 0 aliphatic carbocycles. The van der Waals surface area contributed by atoms with E-state index in [-0.39, 0.29) is 5.91 Å². The van der Waals surface area contributed by atoms with Crippen molar-refractivity contribution in [2.24, 2.45) is 0 Å². The third-order valence-electron chi connectivity index (χ3n) is 2.20. The zero-order chi connectivity index (χ0) is 12.1. The summed E-state index contributed by atoms with van der Waals surface area (Å²) in [4.78, 5) is 15.5. The molecule has 2 rings (SSSR count). The third kappa shape index (κ3) is 2.89. The molecule has 5 heteroatoms. The van der Waals surface area contributed by atoms with Crippen LogP contribution in [0.5, 0.6) is 0 Å². The monoisotopic (exact) mass is 243 g/mol. The fraction of sp³-hybridized carbons (Fsp3) is 0.0833. The zero-order valence-electron chi connectivity index (χ0n) is 8.88. The van der Waals surface area contributed by atoms with Gasteiger partial charge in [-0.25, -0.2) is 4.98 Å². The topological polar surface area (TPSA) is 65.8 Å². The van der Waals surface area contributed by atoms with Crippen LogP contribution in [0.3, 0.4) is 0 Å². The summed E-state index contributed by atoms with van der Waals surface area (Å²) in [5, 5.41) is 13.1. The minimum atomic E-state index is -0.185. The molecule has 0 bridgehead atoms. The fourth-order valence-electron chi connectivity index (χ4n) is 1.29. The average molecular weight is 243 g/mol. The molecule has 0 spiro atoms. The van der Waals surface area contributed by atoms with Gasteiger partial charge in [0.15, 0.2) is 0 Å². The van der Waals surface area contributed by atoms with Gasteiger partial charge in [-0.15, -0.1) is 11.3 Å². The lowest BCUT2D eigenvalue weighted by Crippen LogP contribution is -2.22. The minimum absolute atomic E-state index is 0.185. The molecule has 0 radical (unpaired) electrons. The Hall–Kier alpha value is -2.19. The van der Waals surface area contributed by atoms with E-state index in [4.69, 9.17) is 5.26 Å². The number of nitriles is 1. The van der Waals surface area contributed by atoms with E-state index in [0.717, 1.165) is 5.56 Å². The summed E-state index contributed by atoms with van der Waals surface area (Å²) in [6.07, 6.45) is 0. The van der Waals surface area contributed by atoms with Gasteiger partial charge in [-0.2, -0.15) is 5.26 Å². The number of carbonyl (C=O) groups excluding carboxylic acids is 1. The molecule has 1 amide bonds. The molecule has 17 heavy (non-hydrogen) atoms. The SMILES string of the molecule is N#Cc1ccc(CNC(=O)c2cscn2)cc1. The van der Waals surface area contributed by atoms with E-state index in [9.17, 15) is 4.79 Å². The Morgan fingerprint density at radius 3 is 2.76 bits per heavy atom. The highest BCUT2D eigenvalue weighted by molar-refractivity contribution is 7.07. The van der Waals surface area contributed by atoms with Gasteiger partial charge in [-0.05, 0) is 17.7 Å². The summed E-state index contributed by atoms with van der Waals surface area (Å²) in [5.41, 5.74) is 3.62. The molecule has 2 aromatic rings. The van der Waals surface area contributed by atoms with E-state index < -0.39 is 0 Å². The van der Waals surface area contributed by atoms with Crippen molar-refractivity contribution in [3.8, 4) is 6.07 Å². The summed E-state index contributed by atoms with van der Waals surface area (Å²) in [5.74, 6) is -0.185. The molecule has 84 valence electrons. The Kier molecular flexibility index (Phi) is 3.48. The number of nitrogens with zero attached hydrogens (tertiary/aromatic N) is 2. The molecule has 0 saturated carbocycles. The lowest BCUT2D eigenvalue weighted by molar-refractivity contribution is 0.0946. The summed E-state index contributed by atoms with van der Waals surface area (Å²) in [6.45, 7) is 0.433. The Bertz CT molecular complexity index is 540. The number of carbonyl (C=O) groups is 1. The van der Waals surface area contributed by atoms with Gasteiger partial charge in [0.05, 0.1) is 17.1 Å². The summed E-state index contributed by atoms with van der Waals surface area (Å²) < 4.78 is 0. The zero-order valence-corrected chi connectivity index (χ0v) is 9.70. The van der Waals surface area contributed by atoms with E-state index in [1.165, 1.54) is 11.3 Å². The number of thiazole rings is 1. The Labute approximate surface area is 103 Å². The van der Waals surface area contributed by atoms with Gasteiger partial charge in [0.1, 0.15) is 5.69 Å². The second-order valence-electron chi connectivity index (χ2n) is 3.37. The highest BCUT2D eigenvalue weighted by Crippen LogP contribution is 2.04. The van der Waals surface area contributed by atoms with E-state index in [1.54, 1.807) is 23.0 Å². The molecular weight excluding hydrogens is 234 g/mol. The lowest BCUT2D eigenvalue weighted by atomic mass is 10.1. The standard InChI is InChI=1S/C12H9N3OS/c13-5-9-1-3-10(4-2-9)6-14-12(16)11-7-17-8-15-11/h1-4,7-8H,6H2,(H,14,16). The van der Waals surface area contributed by atoms with Crippen LogP contribution < -0.4 is 5.32 Å². The Balaban J connectivity index is 1.94. The number of nitrogens with one attached hydrogen (secondary N) is 1. The lowest BCUT2D eigenvalue weighted by Gasteiger charge is -2.03. The van der Waals surface area contributed by atoms with Crippen LogP contribution in [-0.2, 0) is 6.54 Å². The van der Waals surface area contributed by atoms with Crippen molar-refractivity contribution >= 4 is 17.2 Å². The first kappa shape index (κ1) is 11.3. The van der Waals surface area contributed by atoms with E-state index in [1.807, 2.05) is 18.2 Å². The smallest absolute Gasteiger partial charge is 0.271 e. The predicted molar refractivity (Wildman–Crippen MR) is 64.4 cm³/mol. The normalized spacial score (nSPS) is 9.59. The second-order valence-corrected chi connectivity index (χ2v) is 4.08. The molecule has 0 aliphatic rings. The maximum Gasteiger partial charge on any atom is 0.271 e. The maximum atomic E-state index is 11.6. The van der Waals surface area contributed by atoms with Crippen LogP contribution in [0.15, 0.2) is 35.2 Å². The molecule has 1 heterocycles. The Morgan fingerprint density at radius 2 is 2.18 bits per heavy atom. The third-order valence-corrected chi connectivity index (χ3v) is 2.79. The number of benzene rings is 1. The minimum Gasteiger partial charge on any atom is -0.347 e. The van der Waals surface area contributed by atoms with Crippen LogP contribution in [0.2, 0.25) is 0 Å². The fourth-order valence-corrected chi connectivity index (χ4v) is 1.83. The van der Waals surface area contributed by atoms with Crippen LogP contribution in [-0.4, -0.2) is 10.9 Å². The van der Waals surface area contributed by atoms with E-state index in [0.29, 0.717) is 17.8 Å². The van der Waals surface area contributed by atoms with Crippen molar-refractivity contribution in [1.82, 2.24) is 10.3 Å². The van der Waals surface area contributed by atoms with Crippen molar-refractivity contribution in [3.63, 3.8) is 0 Å². The summed E-state index contributed by atoms with van der Waals surface area (Å²) >= 11 is 1.39. The van der Waals surface area contributed by atoms with Crippen molar-refractivity contribution in [2.75, 3.05) is 0 Å². The van der Waals surface area contributed by atoms with Crippen molar-refractivity contribution < 1.29 is 4.79 Å². The molecule has 1 aromatic heterocycles. The van der Waals surface area contributed by atoms with E-state index >= 15 is 0 Å². The number of hydrogen-bond donors (Lipinski definition) is 1. The molecule has 1 aromatic carbocycles. The van der Waals surface area contributed by atoms with Crippen molar-refractivity contribution in [1.29, 1.82) is 5.26 Å². The average Bonchev–Trinajstić information content (AvgIpc) is 2.90. The molecule has 0 fully saturated rings. The molecule has 4 nitrogen and oxygen atoms in total. The summed E-state index contributed by atoms with van der Waals surface area (Å²) in [7, 11) is 0. The molecule has 0 atom stereocenters. The summed E-state index contributed by atoms with van der Waals surface area (Å²) in [6, 6.07) is 9.14. The van der Waals surface area contributed by atoms with Crippen LogP contribution in [0.1, 0.15) is 21.6 Å². The van der Waals surface area contributed by atoms with Crippen LogP contribution in [0.4, 0.5) is 0 Å². The first-order valence-electron chi connectivity index (χ1n) is 4.95. The number of rotatable bonds is 3.